The molecule has 2 heterocycles. The predicted molar refractivity (Wildman–Crippen MR) is 54.4 cm³/mol. The number of nitrogens with zero attached hydrogens (tertiary/aromatic N) is 2. The third-order valence-electron chi connectivity index (χ3n) is 1.58. The molecule has 2 aromatic rings. The lowest BCUT2D eigenvalue weighted by atomic mass is 10.5. The summed E-state index contributed by atoms with van der Waals surface area (Å²) in [6.07, 6.45) is 2.96. The Bertz CT molecular complexity index is 505. The summed E-state index contributed by atoms with van der Waals surface area (Å²) in [6.45, 7) is -0.323. The molecule has 0 aromatic carbocycles. The lowest BCUT2D eigenvalue weighted by molar-refractivity contribution is 0.176. The minimum Gasteiger partial charge on any atom is -0.438 e. The molecule has 0 unspecified atom stereocenters. The zero-order valence-electron chi connectivity index (χ0n) is 7.81. The van der Waals surface area contributed by atoms with Crippen LogP contribution in [0.2, 0.25) is 0 Å². The Morgan fingerprint density at radius 3 is 3.00 bits per heavy atom. The van der Waals surface area contributed by atoms with Gasteiger partial charge in [-0.15, -0.1) is 0 Å². The molecule has 0 radical (unpaired) electrons. The number of oxazole rings is 1. The molecule has 16 heavy (non-hydrogen) atoms. The Morgan fingerprint density at radius 1 is 1.56 bits per heavy atom. The Balaban J connectivity index is 2.06. The topological polar surface area (TPSA) is 106 Å². The van der Waals surface area contributed by atoms with Crippen LogP contribution in [0.4, 0.5) is 0 Å². The normalized spacial score (nSPS) is 11.9. The minimum atomic E-state index is -4.48. The fourth-order valence-electron chi connectivity index (χ4n) is 0.962. The highest BCUT2D eigenvalue weighted by Crippen LogP contribution is 2.37. The summed E-state index contributed by atoms with van der Waals surface area (Å²) in [5, 5.41) is 0. The maximum atomic E-state index is 10.4. The molecule has 9 heteroatoms. The summed E-state index contributed by atoms with van der Waals surface area (Å²) in [5.74, 6) is 0.596. The third-order valence-corrected chi connectivity index (χ3v) is 2.78. The summed E-state index contributed by atoms with van der Waals surface area (Å²) >= 11 is 1.21. The van der Waals surface area contributed by atoms with Crippen LogP contribution in [0, 0.1) is 0 Å². The first-order valence-corrected chi connectivity index (χ1v) is 6.41. The van der Waals surface area contributed by atoms with E-state index in [0.717, 1.165) is 4.88 Å². The Morgan fingerprint density at radius 2 is 2.38 bits per heavy atom. The van der Waals surface area contributed by atoms with Crippen molar-refractivity contribution in [3.05, 3.63) is 24.2 Å². The van der Waals surface area contributed by atoms with E-state index in [1.54, 1.807) is 12.3 Å². The van der Waals surface area contributed by atoms with Crippen LogP contribution in [0.25, 0.3) is 10.8 Å². The molecule has 0 atom stereocenters. The maximum Gasteiger partial charge on any atom is 0.470 e. The van der Waals surface area contributed by atoms with Crippen molar-refractivity contribution in [2.45, 2.75) is 6.61 Å². The van der Waals surface area contributed by atoms with Crippen LogP contribution >= 0.6 is 19.4 Å². The molecular formula is C7H7N2O5PS. The van der Waals surface area contributed by atoms with Gasteiger partial charge in [-0.25, -0.2) is 13.9 Å². The lowest BCUT2D eigenvalue weighted by Crippen LogP contribution is -1.88. The van der Waals surface area contributed by atoms with Gasteiger partial charge in [0.15, 0.2) is 5.76 Å². The summed E-state index contributed by atoms with van der Waals surface area (Å²) in [5.41, 5.74) is 0. The van der Waals surface area contributed by atoms with Gasteiger partial charge in [-0.05, 0) is 17.6 Å². The molecule has 0 aliphatic heterocycles. The van der Waals surface area contributed by atoms with Crippen molar-refractivity contribution in [1.29, 1.82) is 0 Å². The summed E-state index contributed by atoms with van der Waals surface area (Å²) in [7, 11) is -4.48. The molecule has 0 amide bonds. The van der Waals surface area contributed by atoms with E-state index in [1.807, 2.05) is 0 Å². The van der Waals surface area contributed by atoms with Gasteiger partial charge in [-0.2, -0.15) is 0 Å². The van der Waals surface area contributed by atoms with Crippen LogP contribution in [-0.2, 0) is 15.7 Å². The molecule has 0 saturated carbocycles. The van der Waals surface area contributed by atoms with Crippen molar-refractivity contribution >= 4 is 19.4 Å². The number of rotatable bonds is 4. The molecule has 2 N–H and O–H groups in total. The molecule has 2 rings (SSSR count). The van der Waals surface area contributed by atoms with Gasteiger partial charge in [-0.1, -0.05) is 0 Å². The fraction of sp³-hybridized carbons (Fsp3) is 0.143. The van der Waals surface area contributed by atoms with Crippen LogP contribution < -0.4 is 0 Å². The fourth-order valence-corrected chi connectivity index (χ4v) is 1.79. The Kier molecular flexibility index (Phi) is 3.17. The van der Waals surface area contributed by atoms with Crippen LogP contribution in [0.15, 0.2) is 22.9 Å². The van der Waals surface area contributed by atoms with E-state index in [2.05, 4.69) is 13.9 Å². The lowest BCUT2D eigenvalue weighted by Gasteiger charge is -2.01. The summed E-state index contributed by atoms with van der Waals surface area (Å²) < 4.78 is 23.8. The van der Waals surface area contributed by atoms with E-state index >= 15 is 0 Å². The van der Waals surface area contributed by atoms with E-state index in [4.69, 9.17) is 14.2 Å². The molecule has 7 nitrogen and oxygen atoms in total. The zero-order valence-corrected chi connectivity index (χ0v) is 9.52. The average molecular weight is 262 g/mol. The maximum absolute atomic E-state index is 10.4. The van der Waals surface area contributed by atoms with E-state index < -0.39 is 7.82 Å². The number of aromatic nitrogens is 2. The first-order chi connectivity index (χ1) is 7.54. The first-order valence-electron chi connectivity index (χ1n) is 4.10. The minimum absolute atomic E-state index is 0.242. The molecule has 0 spiro atoms. The van der Waals surface area contributed by atoms with E-state index in [1.165, 1.54) is 17.7 Å². The van der Waals surface area contributed by atoms with Gasteiger partial charge < -0.3 is 14.2 Å². The van der Waals surface area contributed by atoms with Gasteiger partial charge in [-0.3, -0.25) is 4.52 Å². The van der Waals surface area contributed by atoms with Crippen LogP contribution in [0.1, 0.15) is 5.76 Å². The van der Waals surface area contributed by atoms with E-state index in [0.29, 0.717) is 5.89 Å². The van der Waals surface area contributed by atoms with E-state index in [9.17, 15) is 4.57 Å². The Labute approximate surface area is 94.1 Å². The first kappa shape index (κ1) is 11.4. The largest absolute Gasteiger partial charge is 0.470 e. The van der Waals surface area contributed by atoms with Crippen molar-refractivity contribution in [3.63, 3.8) is 0 Å². The highest BCUT2D eigenvalue weighted by molar-refractivity contribution is 7.46. The van der Waals surface area contributed by atoms with Gasteiger partial charge in [0.25, 0.3) is 0 Å². The molecule has 0 aliphatic rings. The second kappa shape index (κ2) is 4.44. The molecule has 0 bridgehead atoms. The highest BCUT2D eigenvalue weighted by Gasteiger charge is 2.16. The van der Waals surface area contributed by atoms with Gasteiger partial charge in [0.2, 0.25) is 5.89 Å². The molecule has 0 aliphatic carbocycles. The molecular weight excluding hydrogens is 255 g/mol. The third kappa shape index (κ3) is 2.97. The van der Waals surface area contributed by atoms with Crippen LogP contribution in [0.3, 0.4) is 0 Å². The number of hydrogen-bond donors (Lipinski definition) is 2. The van der Waals surface area contributed by atoms with Crippen molar-refractivity contribution in [1.82, 2.24) is 9.36 Å². The Hall–Kier alpha value is -1.05. The van der Waals surface area contributed by atoms with Gasteiger partial charge >= 0.3 is 7.82 Å². The second-order valence-electron chi connectivity index (χ2n) is 2.77. The standard InChI is InChI=1S/C7H7N2O5PS/c10-15(11,12)13-4-5-3-8-7(14-5)6-1-2-9-16-6/h1-3H,4H2,(H2,10,11,12). The van der Waals surface area contributed by atoms with Gasteiger partial charge in [0.05, 0.1) is 6.20 Å². The van der Waals surface area contributed by atoms with Crippen molar-refractivity contribution in [3.8, 4) is 10.8 Å². The predicted octanol–water partition coefficient (Wildman–Crippen LogP) is 1.41. The number of phosphoric acid groups is 1. The number of hydrogen-bond acceptors (Lipinski definition) is 6. The average Bonchev–Trinajstić information content (AvgIpc) is 2.84. The summed E-state index contributed by atoms with van der Waals surface area (Å²) in [6, 6.07) is 1.73. The van der Waals surface area contributed by atoms with Crippen LogP contribution in [-0.4, -0.2) is 19.1 Å². The van der Waals surface area contributed by atoms with Gasteiger partial charge in [0.1, 0.15) is 11.5 Å². The highest BCUT2D eigenvalue weighted by atomic mass is 32.1. The quantitative estimate of drug-likeness (QED) is 0.802. The van der Waals surface area contributed by atoms with Crippen molar-refractivity contribution in [2.75, 3.05) is 0 Å². The molecule has 2 aromatic heterocycles. The van der Waals surface area contributed by atoms with Crippen molar-refractivity contribution < 1.29 is 23.3 Å². The zero-order chi connectivity index (χ0) is 11.6. The van der Waals surface area contributed by atoms with Gasteiger partial charge in [0, 0.05) is 6.20 Å². The van der Waals surface area contributed by atoms with E-state index in [-0.39, 0.29) is 12.4 Å². The molecule has 0 saturated heterocycles. The van der Waals surface area contributed by atoms with Crippen molar-refractivity contribution in [2.24, 2.45) is 0 Å². The molecule has 86 valence electrons. The summed E-state index contributed by atoms with van der Waals surface area (Å²) in [4.78, 5) is 21.6. The SMILES string of the molecule is O=P(O)(O)OCc1cnc(-c2ccns2)o1. The monoisotopic (exact) mass is 262 g/mol. The second-order valence-corrected chi connectivity index (χ2v) is 4.84. The smallest absolute Gasteiger partial charge is 0.438 e. The van der Waals surface area contributed by atoms with Crippen LogP contribution in [0.5, 0.6) is 0 Å². The number of phosphoric ester groups is 1. The molecule has 0 fully saturated rings.